The standard InChI is InChI=1S/C27H43NO.2ClH.Ti/c1-19-10-7-6-8-11-20(2)25(19)24-13-9-12-21(26(24)29)18-28-23-16-14-22(15-17-23)27(3,4)5;;;/h9,12-13,18-20,22-23,25,29H,6-8,10-11,14-17H2,1-5H3;2*1H;/q;;;+2/p-2. The Balaban J connectivity index is 0.00000114. The van der Waals surface area contributed by atoms with Crippen molar-refractivity contribution < 1.29 is 22.1 Å². The first-order chi connectivity index (χ1) is 15.2. The molecule has 2 nitrogen and oxygen atoms in total. The van der Waals surface area contributed by atoms with Crippen molar-refractivity contribution in [3.05, 3.63) is 29.3 Å². The van der Waals surface area contributed by atoms with E-state index >= 15 is 0 Å². The summed E-state index contributed by atoms with van der Waals surface area (Å²) in [5.74, 6) is 2.98. The Hall–Kier alpha value is -0.0157. The third-order valence-electron chi connectivity index (χ3n) is 7.85. The number of hydrogen-bond acceptors (Lipinski definition) is 2. The fraction of sp³-hybridized carbons (Fsp3) is 0.741. The number of aliphatic imine (C=N–C) groups is 1. The van der Waals surface area contributed by atoms with E-state index in [0.717, 1.165) is 17.0 Å². The maximum atomic E-state index is 11.1. The number of phenols is 1. The molecule has 180 valence electrons. The Morgan fingerprint density at radius 3 is 2.03 bits per heavy atom. The molecule has 1 aromatic rings. The molecule has 0 amide bonds. The molecule has 0 aliphatic heterocycles. The number of benzene rings is 1. The van der Waals surface area contributed by atoms with Gasteiger partial charge in [0.2, 0.25) is 0 Å². The van der Waals surface area contributed by atoms with Crippen LogP contribution in [0, 0.1) is 23.2 Å². The van der Waals surface area contributed by atoms with E-state index in [1.54, 1.807) is 0 Å². The van der Waals surface area contributed by atoms with Gasteiger partial charge in [-0.2, -0.15) is 0 Å². The van der Waals surface area contributed by atoms with Gasteiger partial charge in [0.25, 0.3) is 0 Å². The molecule has 0 spiro atoms. The second-order valence-electron chi connectivity index (χ2n) is 11.1. The summed E-state index contributed by atoms with van der Waals surface area (Å²) in [5.41, 5.74) is 2.46. The van der Waals surface area contributed by atoms with E-state index in [4.69, 9.17) is 23.6 Å². The van der Waals surface area contributed by atoms with Crippen LogP contribution in [0.15, 0.2) is 23.2 Å². The van der Waals surface area contributed by atoms with Crippen LogP contribution < -0.4 is 0 Å². The summed E-state index contributed by atoms with van der Waals surface area (Å²) in [6, 6.07) is 6.71. The number of para-hydroxylation sites is 1. The quantitative estimate of drug-likeness (QED) is 0.315. The van der Waals surface area contributed by atoms with Crippen LogP contribution in [0.4, 0.5) is 0 Å². The van der Waals surface area contributed by atoms with Gasteiger partial charge in [0.1, 0.15) is 5.75 Å². The summed E-state index contributed by atoms with van der Waals surface area (Å²) in [5, 5.41) is 11.1. The van der Waals surface area contributed by atoms with E-state index in [9.17, 15) is 5.11 Å². The molecule has 2 aliphatic rings. The molecule has 2 saturated carbocycles. The van der Waals surface area contributed by atoms with Crippen molar-refractivity contribution in [2.75, 3.05) is 0 Å². The van der Waals surface area contributed by atoms with E-state index in [0.29, 0.717) is 35.0 Å². The molecule has 32 heavy (non-hydrogen) atoms. The Bertz CT molecular complexity index is 698. The molecule has 1 N–H and O–H groups in total. The SMILES string of the molecule is CC1CCCCCC(C)C1c1cccc(C=NC2CCC(C(C)(C)C)CC2)c1O.[Cl][Ti][Cl]. The van der Waals surface area contributed by atoms with Crippen molar-refractivity contribution in [3.8, 4) is 5.75 Å². The molecule has 2 unspecified atom stereocenters. The fourth-order valence-electron chi connectivity index (χ4n) is 5.87. The van der Waals surface area contributed by atoms with Crippen molar-refractivity contribution in [2.24, 2.45) is 28.2 Å². The van der Waals surface area contributed by atoms with Gasteiger partial charge in [-0.25, -0.2) is 0 Å². The van der Waals surface area contributed by atoms with E-state index in [1.165, 1.54) is 57.8 Å². The molecule has 2 aliphatic carbocycles. The average molecular weight is 516 g/mol. The first-order valence-corrected chi connectivity index (χ1v) is 16.8. The third kappa shape index (κ3) is 8.33. The summed E-state index contributed by atoms with van der Waals surface area (Å²) in [6.45, 7) is 11.8. The van der Waals surface area contributed by atoms with Gasteiger partial charge >= 0.3 is 35.6 Å². The second-order valence-corrected chi connectivity index (χ2v) is 13.7. The Morgan fingerprint density at radius 1 is 0.938 bits per heavy atom. The minimum atomic E-state index is -0.556. The summed E-state index contributed by atoms with van der Waals surface area (Å²) in [4.78, 5) is 4.90. The zero-order valence-corrected chi connectivity index (χ0v) is 23.8. The number of halogens is 2. The monoisotopic (exact) mass is 515 g/mol. The van der Waals surface area contributed by atoms with Crippen LogP contribution in [0.1, 0.15) is 109 Å². The van der Waals surface area contributed by atoms with Gasteiger partial charge in [-0.3, -0.25) is 4.99 Å². The topological polar surface area (TPSA) is 32.6 Å². The van der Waals surface area contributed by atoms with E-state index in [2.05, 4.69) is 46.8 Å². The fourth-order valence-corrected chi connectivity index (χ4v) is 5.87. The number of aromatic hydroxyl groups is 1. The molecule has 0 radical (unpaired) electrons. The molecule has 2 fully saturated rings. The van der Waals surface area contributed by atoms with Crippen LogP contribution >= 0.6 is 18.6 Å². The first kappa shape index (κ1) is 28.2. The first-order valence-electron chi connectivity index (χ1n) is 12.5. The molecule has 1 aromatic carbocycles. The summed E-state index contributed by atoms with van der Waals surface area (Å²) in [7, 11) is 9.78. The van der Waals surface area contributed by atoms with Crippen molar-refractivity contribution >= 4 is 24.8 Å². The molecule has 2 atom stereocenters. The van der Waals surface area contributed by atoms with Crippen molar-refractivity contribution in [1.82, 2.24) is 0 Å². The molecule has 0 saturated heterocycles. The van der Waals surface area contributed by atoms with Crippen LogP contribution in [-0.2, 0) is 17.0 Å². The van der Waals surface area contributed by atoms with Crippen LogP contribution in [0.2, 0.25) is 0 Å². The number of phenolic OH excluding ortho intramolecular Hbond substituents is 1. The molecule has 0 heterocycles. The Kier molecular flexibility index (Phi) is 12.1. The van der Waals surface area contributed by atoms with E-state index in [1.807, 2.05) is 12.3 Å². The van der Waals surface area contributed by atoms with Crippen molar-refractivity contribution in [2.45, 2.75) is 104 Å². The number of hydrogen-bond donors (Lipinski definition) is 1. The Labute approximate surface area is 213 Å². The zero-order chi connectivity index (χ0) is 23.7. The van der Waals surface area contributed by atoms with Crippen molar-refractivity contribution in [1.29, 1.82) is 0 Å². The summed E-state index contributed by atoms with van der Waals surface area (Å²) in [6.07, 6.45) is 13.4. The maximum absolute atomic E-state index is 11.1. The van der Waals surface area contributed by atoms with Gasteiger partial charge < -0.3 is 5.11 Å². The summed E-state index contributed by atoms with van der Waals surface area (Å²) >= 11 is -0.556. The van der Waals surface area contributed by atoms with Crippen LogP contribution in [-0.4, -0.2) is 17.4 Å². The second kappa shape index (κ2) is 13.8. The molecular weight excluding hydrogens is 473 g/mol. The number of rotatable bonds is 3. The van der Waals surface area contributed by atoms with Crippen molar-refractivity contribution in [3.63, 3.8) is 0 Å². The van der Waals surface area contributed by atoms with Crippen LogP contribution in [0.3, 0.4) is 0 Å². The third-order valence-corrected chi connectivity index (χ3v) is 7.85. The molecular formula is C27H43Cl2NOTi. The normalized spacial score (nSPS) is 29.5. The van der Waals surface area contributed by atoms with Gasteiger partial charge in [0.15, 0.2) is 0 Å². The molecule has 0 aromatic heterocycles. The summed E-state index contributed by atoms with van der Waals surface area (Å²) < 4.78 is 0. The van der Waals surface area contributed by atoms with Gasteiger partial charge in [0.05, 0.1) is 0 Å². The van der Waals surface area contributed by atoms with Crippen LogP contribution in [0.25, 0.3) is 0 Å². The Morgan fingerprint density at radius 2 is 1.50 bits per heavy atom. The predicted octanol–water partition coefficient (Wildman–Crippen LogP) is 9.11. The van der Waals surface area contributed by atoms with Gasteiger partial charge in [-0.1, -0.05) is 78.9 Å². The number of nitrogens with zero attached hydrogens (tertiary/aromatic N) is 1. The molecule has 0 bridgehead atoms. The van der Waals surface area contributed by atoms with Gasteiger partial charge in [0, 0.05) is 17.8 Å². The average Bonchev–Trinajstić information content (AvgIpc) is 2.73. The minimum absolute atomic E-state index is 0.409. The molecule has 3 rings (SSSR count). The van der Waals surface area contributed by atoms with E-state index in [-0.39, 0.29) is 0 Å². The van der Waals surface area contributed by atoms with Gasteiger partial charge in [-0.05, 0) is 66.4 Å². The van der Waals surface area contributed by atoms with Crippen LogP contribution in [0.5, 0.6) is 5.75 Å². The van der Waals surface area contributed by atoms with E-state index < -0.39 is 17.0 Å². The zero-order valence-electron chi connectivity index (χ0n) is 20.7. The van der Waals surface area contributed by atoms with Gasteiger partial charge in [-0.15, -0.1) is 0 Å². The molecule has 5 heteroatoms. The predicted molar refractivity (Wildman–Crippen MR) is 137 cm³/mol.